The molecule has 0 unspecified atom stereocenters. The molecular weight excluding hydrogens is 321 g/mol. The van der Waals surface area contributed by atoms with Crippen LogP contribution < -0.4 is 0 Å². The fourth-order valence-corrected chi connectivity index (χ4v) is 4.20. The highest BCUT2D eigenvalue weighted by atomic mass is 19.1. The van der Waals surface area contributed by atoms with E-state index >= 15 is 0 Å². The number of rotatable bonds is 3. The molecule has 0 aromatic heterocycles. The van der Waals surface area contributed by atoms with Crippen LogP contribution in [0.4, 0.5) is 4.39 Å². The lowest BCUT2D eigenvalue weighted by molar-refractivity contribution is -0.149. The molecule has 5 heteroatoms. The summed E-state index contributed by atoms with van der Waals surface area (Å²) in [6.45, 7) is 0.762. The van der Waals surface area contributed by atoms with E-state index in [4.69, 9.17) is 4.74 Å². The standard InChI is InChI=1S/C20H26FNO3/c1-25-20(24)16-7-5-15(6-8-16)19(23)22-13-3-2-4-18(22)14-9-11-17(21)12-10-14/h9-12,15-16,18H,2-8,13H2,1H3/t15?,16?,18-/m1/s1. The number of carbonyl (C=O) groups is 2. The molecule has 0 bridgehead atoms. The molecule has 136 valence electrons. The number of likely N-dealkylation sites (tertiary alicyclic amines) is 1. The van der Waals surface area contributed by atoms with Crippen LogP contribution in [0.5, 0.6) is 0 Å². The van der Waals surface area contributed by atoms with Crippen LogP contribution in [0, 0.1) is 17.7 Å². The largest absolute Gasteiger partial charge is 0.469 e. The summed E-state index contributed by atoms with van der Waals surface area (Å²) in [5.74, 6) is -0.297. The van der Waals surface area contributed by atoms with Gasteiger partial charge in [0.2, 0.25) is 5.91 Å². The maximum Gasteiger partial charge on any atom is 0.308 e. The second-order valence-corrected chi connectivity index (χ2v) is 7.17. The van der Waals surface area contributed by atoms with Crippen LogP contribution in [0.25, 0.3) is 0 Å². The predicted molar refractivity (Wildman–Crippen MR) is 92.2 cm³/mol. The Morgan fingerprint density at radius 1 is 1.00 bits per heavy atom. The molecule has 1 heterocycles. The minimum atomic E-state index is -0.251. The molecule has 1 aliphatic heterocycles. The maximum atomic E-state index is 13.2. The highest BCUT2D eigenvalue weighted by Crippen LogP contribution is 2.36. The van der Waals surface area contributed by atoms with Crippen molar-refractivity contribution in [1.82, 2.24) is 4.90 Å². The van der Waals surface area contributed by atoms with Crippen LogP contribution in [-0.4, -0.2) is 30.4 Å². The van der Waals surface area contributed by atoms with Gasteiger partial charge in [0.15, 0.2) is 0 Å². The number of piperidine rings is 1. The van der Waals surface area contributed by atoms with Crippen LogP contribution in [0.3, 0.4) is 0 Å². The predicted octanol–water partition coefficient (Wildman–Crippen LogP) is 3.86. The van der Waals surface area contributed by atoms with Gasteiger partial charge in [-0.05, 0) is 62.6 Å². The maximum absolute atomic E-state index is 13.2. The summed E-state index contributed by atoms with van der Waals surface area (Å²) in [7, 11) is 1.42. The molecule has 1 aromatic rings. The van der Waals surface area contributed by atoms with Gasteiger partial charge in [0.05, 0.1) is 19.1 Å². The van der Waals surface area contributed by atoms with E-state index < -0.39 is 0 Å². The normalized spacial score (nSPS) is 27.0. The number of halogens is 1. The first kappa shape index (κ1) is 17.9. The molecule has 25 heavy (non-hydrogen) atoms. The van der Waals surface area contributed by atoms with Crippen LogP contribution in [0.1, 0.15) is 56.6 Å². The van der Waals surface area contributed by atoms with Gasteiger partial charge in [0.1, 0.15) is 5.82 Å². The number of esters is 1. The number of hydrogen-bond donors (Lipinski definition) is 0. The zero-order valence-electron chi connectivity index (χ0n) is 14.7. The van der Waals surface area contributed by atoms with Gasteiger partial charge < -0.3 is 9.64 Å². The number of nitrogens with zero attached hydrogens (tertiary/aromatic N) is 1. The van der Waals surface area contributed by atoms with Crippen molar-refractivity contribution >= 4 is 11.9 Å². The molecule has 4 nitrogen and oxygen atoms in total. The quantitative estimate of drug-likeness (QED) is 0.780. The first-order valence-corrected chi connectivity index (χ1v) is 9.24. The van der Waals surface area contributed by atoms with Gasteiger partial charge >= 0.3 is 5.97 Å². The second-order valence-electron chi connectivity index (χ2n) is 7.17. The van der Waals surface area contributed by atoms with Gasteiger partial charge in [-0.25, -0.2) is 4.39 Å². The SMILES string of the molecule is COC(=O)C1CCC(C(=O)N2CCCC[C@@H]2c2ccc(F)cc2)CC1. The van der Waals surface area contributed by atoms with Gasteiger partial charge in [-0.3, -0.25) is 9.59 Å². The zero-order chi connectivity index (χ0) is 17.8. The first-order chi connectivity index (χ1) is 12.1. The molecule has 1 aromatic carbocycles. The van der Waals surface area contributed by atoms with Gasteiger partial charge in [-0.15, -0.1) is 0 Å². The molecule has 1 saturated heterocycles. The Balaban J connectivity index is 1.67. The lowest BCUT2D eigenvalue weighted by Gasteiger charge is -2.39. The summed E-state index contributed by atoms with van der Waals surface area (Å²) in [6, 6.07) is 6.56. The fraction of sp³-hybridized carbons (Fsp3) is 0.600. The van der Waals surface area contributed by atoms with Crippen molar-refractivity contribution in [3.63, 3.8) is 0 Å². The Labute approximate surface area is 148 Å². The third-order valence-electron chi connectivity index (χ3n) is 5.65. The van der Waals surface area contributed by atoms with Gasteiger partial charge in [0.25, 0.3) is 0 Å². The van der Waals surface area contributed by atoms with Crippen molar-refractivity contribution in [2.24, 2.45) is 11.8 Å². The molecular formula is C20H26FNO3. The van der Waals surface area contributed by atoms with E-state index in [1.54, 1.807) is 12.1 Å². The molecule has 1 amide bonds. The van der Waals surface area contributed by atoms with Crippen LogP contribution in [0.15, 0.2) is 24.3 Å². The van der Waals surface area contributed by atoms with Crippen molar-refractivity contribution < 1.29 is 18.7 Å². The van der Waals surface area contributed by atoms with Crippen molar-refractivity contribution in [3.05, 3.63) is 35.6 Å². The highest BCUT2D eigenvalue weighted by molar-refractivity contribution is 5.80. The Morgan fingerprint density at radius 3 is 2.28 bits per heavy atom. The Kier molecular flexibility index (Phi) is 5.71. The van der Waals surface area contributed by atoms with E-state index in [0.29, 0.717) is 0 Å². The fourth-order valence-electron chi connectivity index (χ4n) is 4.20. The summed E-state index contributed by atoms with van der Waals surface area (Å²) >= 11 is 0. The number of methoxy groups -OCH3 is 1. The molecule has 0 N–H and O–H groups in total. The van der Waals surface area contributed by atoms with E-state index in [9.17, 15) is 14.0 Å². The molecule has 1 atom stereocenters. The third kappa shape index (κ3) is 4.02. The topological polar surface area (TPSA) is 46.6 Å². The summed E-state index contributed by atoms with van der Waals surface area (Å²) in [6.07, 6.45) is 5.95. The van der Waals surface area contributed by atoms with E-state index in [1.807, 2.05) is 4.90 Å². The average Bonchev–Trinajstić information content (AvgIpc) is 2.67. The summed E-state index contributed by atoms with van der Waals surface area (Å²) < 4.78 is 18.0. The monoisotopic (exact) mass is 347 g/mol. The van der Waals surface area contributed by atoms with E-state index in [-0.39, 0.29) is 35.6 Å². The third-order valence-corrected chi connectivity index (χ3v) is 5.65. The average molecular weight is 347 g/mol. The van der Waals surface area contributed by atoms with Crippen LogP contribution in [0.2, 0.25) is 0 Å². The summed E-state index contributed by atoms with van der Waals surface area (Å²) in [5.41, 5.74) is 1.01. The van der Waals surface area contributed by atoms with Gasteiger partial charge in [-0.2, -0.15) is 0 Å². The molecule has 1 aliphatic carbocycles. The first-order valence-electron chi connectivity index (χ1n) is 9.24. The number of ether oxygens (including phenoxy) is 1. The molecule has 0 spiro atoms. The second kappa shape index (κ2) is 7.98. The Bertz CT molecular complexity index is 608. The number of amides is 1. The van der Waals surface area contributed by atoms with Crippen molar-refractivity contribution in [2.45, 2.75) is 51.0 Å². The summed E-state index contributed by atoms with van der Waals surface area (Å²) in [4.78, 5) is 26.7. The molecule has 0 radical (unpaired) electrons. The Hall–Kier alpha value is -1.91. The van der Waals surface area contributed by atoms with Crippen molar-refractivity contribution in [2.75, 3.05) is 13.7 Å². The molecule has 2 aliphatic rings. The minimum absolute atomic E-state index is 0.0121. The Morgan fingerprint density at radius 2 is 1.64 bits per heavy atom. The molecule has 2 fully saturated rings. The van der Waals surface area contributed by atoms with E-state index in [2.05, 4.69) is 0 Å². The lowest BCUT2D eigenvalue weighted by Crippen LogP contribution is -2.43. The minimum Gasteiger partial charge on any atom is -0.469 e. The van der Waals surface area contributed by atoms with Crippen molar-refractivity contribution in [1.29, 1.82) is 0 Å². The van der Waals surface area contributed by atoms with Crippen molar-refractivity contribution in [3.8, 4) is 0 Å². The number of hydrogen-bond acceptors (Lipinski definition) is 3. The molecule has 1 saturated carbocycles. The van der Waals surface area contributed by atoms with Gasteiger partial charge in [-0.1, -0.05) is 12.1 Å². The van der Waals surface area contributed by atoms with Gasteiger partial charge in [0, 0.05) is 12.5 Å². The van der Waals surface area contributed by atoms with E-state index in [1.165, 1.54) is 19.2 Å². The highest BCUT2D eigenvalue weighted by Gasteiger charge is 2.36. The van der Waals surface area contributed by atoms with Crippen LogP contribution in [-0.2, 0) is 14.3 Å². The van der Waals surface area contributed by atoms with Crippen LogP contribution >= 0.6 is 0 Å². The summed E-state index contributed by atoms with van der Waals surface area (Å²) in [5, 5.41) is 0. The lowest BCUT2D eigenvalue weighted by atomic mass is 9.80. The molecule has 3 rings (SSSR count). The number of benzene rings is 1. The zero-order valence-corrected chi connectivity index (χ0v) is 14.7. The number of carbonyl (C=O) groups excluding carboxylic acids is 2. The van der Waals surface area contributed by atoms with E-state index in [0.717, 1.165) is 57.1 Å². The smallest absolute Gasteiger partial charge is 0.308 e.